The fraction of sp³-hybridized carbons (Fsp3) is 0.414. The summed E-state index contributed by atoms with van der Waals surface area (Å²) in [6.45, 7) is 4.43. The number of carbonyl (C=O) groups is 3. The number of anilines is 1. The maximum Gasteiger partial charge on any atom is 0.410 e. The number of aromatic nitrogens is 3. The van der Waals surface area contributed by atoms with Crippen molar-refractivity contribution in [2.75, 3.05) is 33.5 Å². The van der Waals surface area contributed by atoms with Gasteiger partial charge in [0.2, 0.25) is 5.91 Å². The molecule has 3 aromatic heterocycles. The Morgan fingerprint density at radius 3 is 2.59 bits per heavy atom. The van der Waals surface area contributed by atoms with Gasteiger partial charge in [0.25, 0.3) is 11.5 Å². The first-order valence-electron chi connectivity index (χ1n) is 13.3. The van der Waals surface area contributed by atoms with E-state index in [1.807, 2.05) is 6.07 Å². The molecule has 11 nitrogen and oxygen atoms in total. The molecule has 0 saturated heterocycles. The number of amides is 3. The molecule has 12 heteroatoms. The van der Waals surface area contributed by atoms with Crippen LogP contribution in [0.5, 0.6) is 0 Å². The quantitative estimate of drug-likeness (QED) is 0.327. The lowest BCUT2D eigenvalue weighted by atomic mass is 10.0. The summed E-state index contributed by atoms with van der Waals surface area (Å²) < 4.78 is 6.82. The van der Waals surface area contributed by atoms with Crippen LogP contribution in [0.4, 0.5) is 10.5 Å². The third-order valence-corrected chi connectivity index (χ3v) is 6.51. The number of nitrogens with one attached hydrogen (secondary N) is 2. The minimum Gasteiger partial charge on any atom is -0.436 e. The topological polar surface area (TPSA) is 130 Å². The first-order chi connectivity index (χ1) is 19.4. The highest BCUT2D eigenvalue weighted by Gasteiger charge is 2.24. The number of allylic oxidation sites excluding steroid dienone is 1. The molecule has 3 heterocycles. The van der Waals surface area contributed by atoms with Crippen molar-refractivity contribution in [1.29, 1.82) is 0 Å². The predicted octanol–water partition coefficient (Wildman–Crippen LogP) is 4.05. The van der Waals surface area contributed by atoms with Gasteiger partial charge in [0, 0.05) is 46.3 Å². The molecule has 3 amide bonds. The molecule has 220 valence electrons. The van der Waals surface area contributed by atoms with Gasteiger partial charge in [0.15, 0.2) is 6.10 Å². The predicted molar refractivity (Wildman–Crippen MR) is 159 cm³/mol. The van der Waals surface area contributed by atoms with Crippen molar-refractivity contribution in [2.45, 2.75) is 45.8 Å². The van der Waals surface area contributed by atoms with Crippen molar-refractivity contribution in [3.63, 3.8) is 0 Å². The smallest absolute Gasteiger partial charge is 0.410 e. The number of ether oxygens (including phenoxy) is 1. The standard InChI is InChI=1S/C29H37ClN6O5/c1-18(2)14-20-21(30)16-31-23-15-19(32-26(20)23)17-36-13-9-10-22(28(36)39)33-27(38)24(41-29(40)35(5)6)11-7-8-12-25(37)34(3)4/h8-10,12-13,15-16,18,24,32H,7,11,14,17H2,1-6H3,(H,33,38). The molecule has 0 aromatic carbocycles. The normalized spacial score (nSPS) is 12.1. The average Bonchev–Trinajstić information content (AvgIpc) is 3.32. The molecule has 0 spiro atoms. The maximum absolute atomic E-state index is 13.3. The number of halogens is 1. The van der Waals surface area contributed by atoms with Crippen LogP contribution in [-0.2, 0) is 27.3 Å². The van der Waals surface area contributed by atoms with Crippen LogP contribution in [0.2, 0.25) is 5.02 Å². The molecule has 3 rings (SSSR count). The summed E-state index contributed by atoms with van der Waals surface area (Å²) in [5.74, 6) is -0.457. The number of H-pyrrole nitrogens is 1. The van der Waals surface area contributed by atoms with Gasteiger partial charge in [-0.25, -0.2) is 4.79 Å². The number of likely N-dealkylation sites (N-methyl/N-ethyl adjacent to an activating group) is 1. The van der Waals surface area contributed by atoms with Crippen molar-refractivity contribution in [2.24, 2.45) is 5.92 Å². The van der Waals surface area contributed by atoms with Gasteiger partial charge in [-0.2, -0.15) is 0 Å². The number of aromatic amines is 1. The molecular formula is C29H37ClN6O5. The minimum atomic E-state index is -1.18. The van der Waals surface area contributed by atoms with Gasteiger partial charge < -0.3 is 29.4 Å². The molecule has 0 bridgehead atoms. The molecular weight excluding hydrogens is 548 g/mol. The molecule has 2 N–H and O–H groups in total. The summed E-state index contributed by atoms with van der Waals surface area (Å²) in [5, 5.41) is 3.19. The summed E-state index contributed by atoms with van der Waals surface area (Å²) in [4.78, 5) is 60.8. The van der Waals surface area contributed by atoms with E-state index >= 15 is 0 Å². The van der Waals surface area contributed by atoms with Gasteiger partial charge in [0.05, 0.1) is 22.6 Å². The number of carbonyl (C=O) groups excluding carboxylic acids is 3. The highest BCUT2D eigenvalue weighted by molar-refractivity contribution is 6.32. The third-order valence-electron chi connectivity index (χ3n) is 6.19. The van der Waals surface area contributed by atoms with E-state index in [1.54, 1.807) is 38.6 Å². The summed E-state index contributed by atoms with van der Waals surface area (Å²) in [6, 6.07) is 5.01. The summed E-state index contributed by atoms with van der Waals surface area (Å²) in [7, 11) is 6.26. The maximum atomic E-state index is 13.3. The van der Waals surface area contributed by atoms with Crippen molar-refractivity contribution in [3.8, 4) is 0 Å². The number of nitrogens with zero attached hydrogens (tertiary/aromatic N) is 4. The number of hydrogen-bond donors (Lipinski definition) is 2. The van der Waals surface area contributed by atoms with E-state index in [4.69, 9.17) is 16.3 Å². The van der Waals surface area contributed by atoms with Crippen molar-refractivity contribution in [1.82, 2.24) is 24.3 Å². The summed E-state index contributed by atoms with van der Waals surface area (Å²) >= 11 is 6.42. The second-order valence-corrected chi connectivity index (χ2v) is 11.0. The van der Waals surface area contributed by atoms with Crippen molar-refractivity contribution >= 4 is 46.2 Å². The van der Waals surface area contributed by atoms with Crippen LogP contribution in [0.1, 0.15) is 37.9 Å². The van der Waals surface area contributed by atoms with Crippen LogP contribution in [0.3, 0.4) is 0 Å². The molecule has 3 aromatic rings. The summed E-state index contributed by atoms with van der Waals surface area (Å²) in [6.07, 6.45) is 5.57. The number of pyridine rings is 2. The van der Waals surface area contributed by atoms with E-state index in [0.29, 0.717) is 17.4 Å². The Balaban J connectivity index is 1.79. The van der Waals surface area contributed by atoms with E-state index in [2.05, 4.69) is 29.1 Å². The van der Waals surface area contributed by atoms with Crippen LogP contribution >= 0.6 is 11.6 Å². The lowest BCUT2D eigenvalue weighted by Gasteiger charge is -2.19. The van der Waals surface area contributed by atoms with E-state index in [0.717, 1.165) is 28.7 Å². The third kappa shape index (κ3) is 8.43. The lowest BCUT2D eigenvalue weighted by molar-refractivity contribution is -0.125. The lowest BCUT2D eigenvalue weighted by Crippen LogP contribution is -2.37. The fourth-order valence-corrected chi connectivity index (χ4v) is 4.27. The van der Waals surface area contributed by atoms with E-state index in [1.165, 1.54) is 40.6 Å². The van der Waals surface area contributed by atoms with Gasteiger partial charge in [-0.3, -0.25) is 19.4 Å². The van der Waals surface area contributed by atoms with Gasteiger partial charge in [0.1, 0.15) is 5.69 Å². The van der Waals surface area contributed by atoms with Gasteiger partial charge in [-0.05, 0) is 55.0 Å². The number of rotatable bonds is 11. The molecule has 0 aliphatic carbocycles. The van der Waals surface area contributed by atoms with Crippen molar-refractivity contribution in [3.05, 3.63) is 69.4 Å². The monoisotopic (exact) mass is 584 g/mol. The van der Waals surface area contributed by atoms with Gasteiger partial charge in [-0.1, -0.05) is 31.5 Å². The molecule has 0 aliphatic rings. The van der Waals surface area contributed by atoms with Crippen LogP contribution < -0.4 is 10.9 Å². The van der Waals surface area contributed by atoms with Gasteiger partial charge in [-0.15, -0.1) is 0 Å². The Hall–Kier alpha value is -4.12. The van der Waals surface area contributed by atoms with E-state index in [9.17, 15) is 19.2 Å². The number of hydrogen-bond acceptors (Lipinski definition) is 6. The molecule has 1 unspecified atom stereocenters. The molecule has 0 radical (unpaired) electrons. The second-order valence-electron chi connectivity index (χ2n) is 10.6. The Morgan fingerprint density at radius 2 is 1.93 bits per heavy atom. The molecule has 0 saturated carbocycles. The van der Waals surface area contributed by atoms with Crippen molar-refractivity contribution < 1.29 is 19.1 Å². The SMILES string of the molecule is CC(C)Cc1c(Cl)cnc2cc(Cn3cccc(NC(=O)C(CCC=CC(=O)N(C)C)OC(=O)N(C)C)c3=O)[nH]c12. The Labute approximate surface area is 244 Å². The highest BCUT2D eigenvalue weighted by atomic mass is 35.5. The first kappa shape index (κ1) is 31.4. The van der Waals surface area contributed by atoms with E-state index < -0.39 is 23.7 Å². The molecule has 0 fully saturated rings. The largest absolute Gasteiger partial charge is 0.436 e. The van der Waals surface area contributed by atoms with Gasteiger partial charge >= 0.3 is 6.09 Å². The van der Waals surface area contributed by atoms with Crippen LogP contribution in [0, 0.1) is 5.92 Å². The zero-order valence-electron chi connectivity index (χ0n) is 24.2. The molecule has 0 aliphatic heterocycles. The fourth-order valence-electron chi connectivity index (χ4n) is 4.05. The highest BCUT2D eigenvalue weighted by Crippen LogP contribution is 2.27. The minimum absolute atomic E-state index is 0.0412. The van der Waals surface area contributed by atoms with Crippen LogP contribution in [-0.4, -0.2) is 76.5 Å². The summed E-state index contributed by atoms with van der Waals surface area (Å²) in [5.41, 5.74) is 2.93. The zero-order valence-corrected chi connectivity index (χ0v) is 25.0. The first-order valence-corrected chi connectivity index (χ1v) is 13.7. The second kappa shape index (κ2) is 14.0. The molecule has 41 heavy (non-hydrogen) atoms. The number of fused-ring (bicyclic) bond motifs is 1. The van der Waals surface area contributed by atoms with Crippen LogP contribution in [0.15, 0.2) is 47.5 Å². The zero-order chi connectivity index (χ0) is 30.3. The Bertz CT molecular complexity index is 1490. The van der Waals surface area contributed by atoms with E-state index in [-0.39, 0.29) is 24.6 Å². The Kier molecular flexibility index (Phi) is 10.7. The van der Waals surface area contributed by atoms with Crippen LogP contribution in [0.25, 0.3) is 11.0 Å². The average molecular weight is 585 g/mol. The molecule has 1 atom stereocenters. The Morgan fingerprint density at radius 1 is 1.20 bits per heavy atom.